The van der Waals surface area contributed by atoms with Crippen LogP contribution in [0.1, 0.15) is 32.6 Å². The Bertz CT molecular complexity index is 244. The van der Waals surface area contributed by atoms with Gasteiger partial charge in [0.05, 0.1) is 5.75 Å². The van der Waals surface area contributed by atoms with Gasteiger partial charge in [0.15, 0.2) is 0 Å². The SMILES string of the molecule is CC(CCS(C)(=O)=O)NC1CCC1. The maximum atomic E-state index is 10.9. The molecule has 1 aliphatic carbocycles. The van der Waals surface area contributed by atoms with E-state index in [9.17, 15) is 8.42 Å². The minimum Gasteiger partial charge on any atom is -0.311 e. The minimum absolute atomic E-state index is 0.299. The number of hydrogen-bond acceptors (Lipinski definition) is 3. The molecule has 0 amide bonds. The van der Waals surface area contributed by atoms with Crippen molar-refractivity contribution in [1.29, 1.82) is 0 Å². The molecule has 4 heteroatoms. The van der Waals surface area contributed by atoms with Crippen molar-refractivity contribution in [1.82, 2.24) is 5.32 Å². The van der Waals surface area contributed by atoms with E-state index in [4.69, 9.17) is 0 Å². The predicted molar refractivity (Wildman–Crippen MR) is 54.6 cm³/mol. The lowest BCUT2D eigenvalue weighted by molar-refractivity contribution is 0.308. The molecule has 3 nitrogen and oxygen atoms in total. The number of hydrogen-bond donors (Lipinski definition) is 1. The Morgan fingerprint density at radius 1 is 1.46 bits per heavy atom. The van der Waals surface area contributed by atoms with E-state index < -0.39 is 9.84 Å². The molecule has 1 atom stereocenters. The minimum atomic E-state index is -2.78. The lowest BCUT2D eigenvalue weighted by Crippen LogP contribution is -2.41. The van der Waals surface area contributed by atoms with Gasteiger partial charge in [0.2, 0.25) is 0 Å². The highest BCUT2D eigenvalue weighted by Gasteiger charge is 2.19. The molecule has 1 N–H and O–H groups in total. The zero-order valence-corrected chi connectivity index (χ0v) is 9.23. The van der Waals surface area contributed by atoms with Gasteiger partial charge in [0, 0.05) is 18.3 Å². The lowest BCUT2D eigenvalue weighted by atomic mass is 9.92. The average Bonchev–Trinajstić information content (AvgIpc) is 1.91. The molecule has 1 saturated carbocycles. The van der Waals surface area contributed by atoms with E-state index in [1.165, 1.54) is 25.5 Å². The highest BCUT2D eigenvalue weighted by Crippen LogP contribution is 2.18. The summed E-state index contributed by atoms with van der Waals surface area (Å²) in [5, 5.41) is 3.42. The van der Waals surface area contributed by atoms with E-state index in [1.54, 1.807) is 0 Å². The quantitative estimate of drug-likeness (QED) is 0.727. The van der Waals surface area contributed by atoms with E-state index in [-0.39, 0.29) is 0 Å². The Balaban J connectivity index is 2.13. The second kappa shape index (κ2) is 4.42. The third kappa shape index (κ3) is 4.62. The molecule has 1 unspecified atom stereocenters. The van der Waals surface area contributed by atoms with Gasteiger partial charge in [-0.1, -0.05) is 6.42 Å². The van der Waals surface area contributed by atoms with Gasteiger partial charge in [-0.25, -0.2) is 8.42 Å². The van der Waals surface area contributed by atoms with Gasteiger partial charge in [-0.15, -0.1) is 0 Å². The molecular formula is C9H19NO2S. The van der Waals surface area contributed by atoms with Gasteiger partial charge >= 0.3 is 0 Å². The van der Waals surface area contributed by atoms with Crippen molar-refractivity contribution in [3.05, 3.63) is 0 Å². The molecule has 0 aromatic heterocycles. The zero-order chi connectivity index (χ0) is 9.90. The summed E-state index contributed by atoms with van der Waals surface area (Å²) >= 11 is 0. The second-order valence-electron chi connectivity index (χ2n) is 4.11. The molecular weight excluding hydrogens is 186 g/mol. The molecule has 0 spiro atoms. The third-order valence-electron chi connectivity index (χ3n) is 2.55. The van der Waals surface area contributed by atoms with E-state index >= 15 is 0 Å². The van der Waals surface area contributed by atoms with Crippen molar-refractivity contribution < 1.29 is 8.42 Å². The Kier molecular flexibility index (Phi) is 3.74. The fourth-order valence-electron chi connectivity index (χ4n) is 1.45. The molecule has 0 aromatic carbocycles. The van der Waals surface area contributed by atoms with Gasteiger partial charge in [-0.3, -0.25) is 0 Å². The van der Waals surface area contributed by atoms with Gasteiger partial charge in [0.25, 0.3) is 0 Å². The van der Waals surface area contributed by atoms with E-state index in [2.05, 4.69) is 12.2 Å². The Labute approximate surface area is 80.8 Å². The second-order valence-corrected chi connectivity index (χ2v) is 6.37. The van der Waals surface area contributed by atoms with Crippen LogP contribution in [-0.4, -0.2) is 32.5 Å². The summed E-state index contributed by atoms with van der Waals surface area (Å²) in [5.41, 5.74) is 0. The van der Waals surface area contributed by atoms with Crippen LogP contribution in [0.15, 0.2) is 0 Å². The van der Waals surface area contributed by atoms with Crippen LogP contribution < -0.4 is 5.32 Å². The van der Waals surface area contributed by atoms with Crippen molar-refractivity contribution in [3.63, 3.8) is 0 Å². The first-order valence-corrected chi connectivity index (χ1v) is 6.97. The summed E-state index contributed by atoms with van der Waals surface area (Å²) < 4.78 is 21.8. The van der Waals surface area contributed by atoms with Gasteiger partial charge in [-0.05, 0) is 26.2 Å². The van der Waals surface area contributed by atoms with Crippen molar-refractivity contribution in [2.24, 2.45) is 0 Å². The first kappa shape index (κ1) is 11.0. The van der Waals surface area contributed by atoms with Crippen molar-refractivity contribution in [2.75, 3.05) is 12.0 Å². The summed E-state index contributed by atoms with van der Waals surface area (Å²) in [7, 11) is -2.78. The first-order chi connectivity index (χ1) is 5.97. The lowest BCUT2D eigenvalue weighted by Gasteiger charge is -2.29. The molecule has 1 rings (SSSR count). The van der Waals surface area contributed by atoms with Gasteiger partial charge in [-0.2, -0.15) is 0 Å². The molecule has 0 heterocycles. The summed E-state index contributed by atoms with van der Waals surface area (Å²) in [6.45, 7) is 2.06. The van der Waals surface area contributed by atoms with Crippen LogP contribution in [0, 0.1) is 0 Å². The van der Waals surface area contributed by atoms with Crippen LogP contribution in [0.4, 0.5) is 0 Å². The maximum Gasteiger partial charge on any atom is 0.147 e. The smallest absolute Gasteiger partial charge is 0.147 e. The predicted octanol–water partition coefficient (Wildman–Crippen LogP) is 0.952. The van der Waals surface area contributed by atoms with Crippen molar-refractivity contribution in [2.45, 2.75) is 44.7 Å². The van der Waals surface area contributed by atoms with Crippen LogP contribution >= 0.6 is 0 Å². The van der Waals surface area contributed by atoms with Crippen molar-refractivity contribution in [3.8, 4) is 0 Å². The van der Waals surface area contributed by atoms with Crippen LogP contribution in [0.3, 0.4) is 0 Å². The number of rotatable bonds is 5. The van der Waals surface area contributed by atoms with E-state index in [1.807, 2.05) is 0 Å². The fourth-order valence-corrected chi connectivity index (χ4v) is 2.23. The summed E-state index contributed by atoms with van der Waals surface area (Å²) in [6.07, 6.45) is 5.85. The molecule has 0 bridgehead atoms. The molecule has 0 aliphatic heterocycles. The third-order valence-corrected chi connectivity index (χ3v) is 3.52. The monoisotopic (exact) mass is 205 g/mol. The molecule has 78 valence electrons. The Morgan fingerprint density at radius 2 is 2.08 bits per heavy atom. The summed E-state index contributed by atoms with van der Waals surface area (Å²) in [6, 6.07) is 0.981. The molecule has 1 aliphatic rings. The Hall–Kier alpha value is -0.0900. The van der Waals surface area contributed by atoms with Gasteiger partial charge in [0.1, 0.15) is 9.84 Å². The maximum absolute atomic E-state index is 10.9. The van der Waals surface area contributed by atoms with Crippen LogP contribution in [0.5, 0.6) is 0 Å². The van der Waals surface area contributed by atoms with Crippen LogP contribution in [-0.2, 0) is 9.84 Å². The van der Waals surface area contributed by atoms with E-state index in [0.29, 0.717) is 17.8 Å². The molecule has 0 saturated heterocycles. The normalized spacial score (nSPS) is 21.1. The van der Waals surface area contributed by atoms with E-state index in [0.717, 1.165) is 6.42 Å². The standard InChI is InChI=1S/C9H19NO2S/c1-8(6-7-13(2,11)12)10-9-4-3-5-9/h8-10H,3-7H2,1-2H3. The fraction of sp³-hybridized carbons (Fsp3) is 1.00. The van der Waals surface area contributed by atoms with Crippen molar-refractivity contribution >= 4 is 9.84 Å². The summed E-state index contributed by atoms with van der Waals surface area (Å²) in [5.74, 6) is 0.299. The number of nitrogens with one attached hydrogen (secondary N) is 1. The van der Waals surface area contributed by atoms with Crippen LogP contribution in [0.25, 0.3) is 0 Å². The molecule has 0 aromatic rings. The largest absolute Gasteiger partial charge is 0.311 e. The zero-order valence-electron chi connectivity index (χ0n) is 8.41. The molecule has 0 radical (unpaired) electrons. The molecule has 1 fully saturated rings. The highest BCUT2D eigenvalue weighted by molar-refractivity contribution is 7.90. The average molecular weight is 205 g/mol. The number of sulfone groups is 1. The Morgan fingerprint density at radius 3 is 2.46 bits per heavy atom. The topological polar surface area (TPSA) is 46.2 Å². The van der Waals surface area contributed by atoms with Crippen LogP contribution in [0.2, 0.25) is 0 Å². The first-order valence-electron chi connectivity index (χ1n) is 4.91. The van der Waals surface area contributed by atoms with Gasteiger partial charge < -0.3 is 5.32 Å². The summed E-state index contributed by atoms with van der Waals surface area (Å²) in [4.78, 5) is 0. The highest BCUT2D eigenvalue weighted by atomic mass is 32.2. The molecule has 13 heavy (non-hydrogen) atoms.